The van der Waals surface area contributed by atoms with Crippen molar-refractivity contribution in [3.63, 3.8) is 0 Å². The minimum atomic E-state index is -0.930. The molecule has 0 aromatic heterocycles. The fourth-order valence-corrected chi connectivity index (χ4v) is 4.31. The van der Waals surface area contributed by atoms with Crippen LogP contribution in [0.15, 0.2) is 58.7 Å². The molecule has 2 aliphatic rings. The monoisotopic (exact) mass is 490 g/mol. The predicted molar refractivity (Wildman–Crippen MR) is 136 cm³/mol. The SMILES string of the molecule is COC(C)(C)CCCC1=CC(O)C=C(/C=C\C2=CC(O)C=C(CCCC(C)(C)C(=O)O)C2O)C1O. The first-order valence-electron chi connectivity index (χ1n) is 12.3. The lowest BCUT2D eigenvalue weighted by Gasteiger charge is -2.26. The van der Waals surface area contributed by atoms with Crippen LogP contribution < -0.4 is 0 Å². The molecule has 7 nitrogen and oxygen atoms in total. The van der Waals surface area contributed by atoms with Crippen LogP contribution in [0.5, 0.6) is 0 Å². The van der Waals surface area contributed by atoms with Crippen LogP contribution in [0, 0.1) is 5.41 Å². The molecule has 4 atom stereocenters. The van der Waals surface area contributed by atoms with Crippen LogP contribution in [0.1, 0.15) is 66.2 Å². The van der Waals surface area contributed by atoms with Crippen LogP contribution >= 0.6 is 0 Å². The van der Waals surface area contributed by atoms with E-state index < -0.39 is 35.8 Å². The summed E-state index contributed by atoms with van der Waals surface area (Å²) >= 11 is 0. The first-order chi connectivity index (χ1) is 16.3. The van der Waals surface area contributed by atoms with Crippen molar-refractivity contribution in [3.05, 3.63) is 58.7 Å². The number of rotatable bonds is 12. The highest BCUT2D eigenvalue weighted by Crippen LogP contribution is 2.31. The van der Waals surface area contributed by atoms with Gasteiger partial charge in [-0.15, -0.1) is 0 Å². The Morgan fingerprint density at radius 1 is 0.829 bits per heavy atom. The van der Waals surface area contributed by atoms with E-state index in [2.05, 4.69) is 0 Å². The number of aliphatic carboxylic acids is 1. The third-order valence-corrected chi connectivity index (χ3v) is 6.94. The van der Waals surface area contributed by atoms with E-state index in [0.717, 1.165) is 18.4 Å². The van der Waals surface area contributed by atoms with Crippen molar-refractivity contribution >= 4 is 5.97 Å². The highest BCUT2D eigenvalue weighted by molar-refractivity contribution is 5.73. The summed E-state index contributed by atoms with van der Waals surface area (Å²) in [5.41, 5.74) is 1.30. The first kappa shape index (κ1) is 29.2. The minimum absolute atomic E-state index is 0.254. The van der Waals surface area contributed by atoms with E-state index in [-0.39, 0.29) is 5.60 Å². The molecule has 0 spiro atoms. The third kappa shape index (κ3) is 8.54. The maximum Gasteiger partial charge on any atom is 0.309 e. The number of aliphatic hydroxyl groups is 4. The lowest BCUT2D eigenvalue weighted by atomic mass is 9.84. The number of carbonyl (C=O) groups is 1. The minimum Gasteiger partial charge on any atom is -0.481 e. The zero-order valence-corrected chi connectivity index (χ0v) is 21.6. The lowest BCUT2D eigenvalue weighted by molar-refractivity contribution is -0.147. The Hall–Kier alpha value is -2.03. The van der Waals surface area contributed by atoms with E-state index in [0.29, 0.717) is 42.4 Å². The zero-order valence-electron chi connectivity index (χ0n) is 21.6. The van der Waals surface area contributed by atoms with Crippen molar-refractivity contribution in [2.24, 2.45) is 5.41 Å². The first-order valence-corrected chi connectivity index (χ1v) is 12.3. The maximum atomic E-state index is 11.3. The number of aliphatic hydroxyl groups excluding tert-OH is 4. The zero-order chi connectivity index (χ0) is 26.4. The molecule has 0 aliphatic heterocycles. The van der Waals surface area contributed by atoms with Crippen LogP contribution in [0.4, 0.5) is 0 Å². The van der Waals surface area contributed by atoms with Gasteiger partial charge in [0.1, 0.15) is 0 Å². The molecule has 0 saturated carbocycles. The second kappa shape index (κ2) is 12.3. The van der Waals surface area contributed by atoms with Crippen molar-refractivity contribution in [1.29, 1.82) is 0 Å². The molecular formula is C28H42O7. The summed E-state index contributed by atoms with van der Waals surface area (Å²) in [4.78, 5) is 11.3. The molecule has 5 N–H and O–H groups in total. The summed E-state index contributed by atoms with van der Waals surface area (Å²) in [6.07, 6.45) is 9.95. The van der Waals surface area contributed by atoms with Gasteiger partial charge in [-0.3, -0.25) is 4.79 Å². The normalized spacial score (nSPS) is 25.7. The Balaban J connectivity index is 2.02. The molecule has 0 heterocycles. The van der Waals surface area contributed by atoms with Crippen molar-refractivity contribution < 1.29 is 35.1 Å². The molecule has 7 heteroatoms. The summed E-state index contributed by atoms with van der Waals surface area (Å²) < 4.78 is 5.45. The number of methoxy groups -OCH3 is 1. The van der Waals surface area contributed by atoms with Gasteiger partial charge in [-0.05, 0) is 101 Å². The van der Waals surface area contributed by atoms with Crippen molar-refractivity contribution in [3.8, 4) is 0 Å². The van der Waals surface area contributed by atoms with Crippen molar-refractivity contribution in [2.75, 3.05) is 7.11 Å². The van der Waals surface area contributed by atoms with Crippen LogP contribution in [-0.4, -0.2) is 68.6 Å². The summed E-state index contributed by atoms with van der Waals surface area (Å²) in [6.45, 7) is 7.36. The number of hydrogen-bond acceptors (Lipinski definition) is 6. The van der Waals surface area contributed by atoms with Gasteiger partial charge in [0.15, 0.2) is 0 Å². The molecule has 0 radical (unpaired) electrons. The standard InChI is InChI=1S/C28H42O7/c1-27(2,26(33)34)12-6-8-18-14-22(29)16-20(24(18)31)10-11-21-17-23(30)15-19(25(21)32)9-7-13-28(3,4)35-5/h10-11,14-17,22-25,29-32H,6-9,12-13H2,1-5H3,(H,33,34)/b11-10-. The molecule has 0 bridgehead atoms. The summed E-state index contributed by atoms with van der Waals surface area (Å²) in [7, 11) is 1.67. The maximum absolute atomic E-state index is 11.3. The average molecular weight is 491 g/mol. The van der Waals surface area contributed by atoms with Crippen LogP contribution in [0.3, 0.4) is 0 Å². The molecule has 0 amide bonds. The van der Waals surface area contributed by atoms with Gasteiger partial charge in [-0.1, -0.05) is 24.3 Å². The summed E-state index contributed by atoms with van der Waals surface area (Å²) in [5.74, 6) is -0.864. The second-order valence-electron chi connectivity index (χ2n) is 10.8. The van der Waals surface area contributed by atoms with Gasteiger partial charge in [0, 0.05) is 7.11 Å². The highest BCUT2D eigenvalue weighted by atomic mass is 16.5. The molecule has 4 unspecified atom stereocenters. The summed E-state index contributed by atoms with van der Waals surface area (Å²) in [5, 5.41) is 51.5. The van der Waals surface area contributed by atoms with Crippen LogP contribution in [0.25, 0.3) is 0 Å². The van der Waals surface area contributed by atoms with Gasteiger partial charge in [-0.25, -0.2) is 0 Å². The van der Waals surface area contributed by atoms with E-state index in [9.17, 15) is 30.3 Å². The van der Waals surface area contributed by atoms with Gasteiger partial charge in [-0.2, -0.15) is 0 Å². The number of ether oxygens (including phenoxy) is 1. The molecule has 0 saturated heterocycles. The fourth-order valence-electron chi connectivity index (χ4n) is 4.31. The Morgan fingerprint density at radius 3 is 1.66 bits per heavy atom. The molecule has 0 fully saturated rings. The number of hydrogen-bond donors (Lipinski definition) is 5. The van der Waals surface area contributed by atoms with E-state index >= 15 is 0 Å². The quantitative estimate of drug-likeness (QED) is 0.265. The summed E-state index contributed by atoms with van der Waals surface area (Å²) in [6, 6.07) is 0. The molecular weight excluding hydrogens is 448 g/mol. The van der Waals surface area contributed by atoms with E-state index in [1.54, 1.807) is 57.4 Å². The van der Waals surface area contributed by atoms with Crippen molar-refractivity contribution in [1.82, 2.24) is 0 Å². The molecule has 196 valence electrons. The van der Waals surface area contributed by atoms with Gasteiger partial charge < -0.3 is 30.3 Å². The number of carboxylic acid groups (broad SMARTS) is 1. The second-order valence-corrected chi connectivity index (χ2v) is 10.8. The number of carboxylic acids is 1. The van der Waals surface area contributed by atoms with E-state index in [4.69, 9.17) is 4.74 Å². The molecule has 2 rings (SSSR count). The lowest BCUT2D eigenvalue weighted by Crippen LogP contribution is -2.25. The van der Waals surface area contributed by atoms with Gasteiger partial charge in [0.2, 0.25) is 0 Å². The highest BCUT2D eigenvalue weighted by Gasteiger charge is 2.28. The Kier molecular flexibility index (Phi) is 10.2. The molecule has 35 heavy (non-hydrogen) atoms. The fraction of sp³-hybridized carbons (Fsp3) is 0.607. The molecule has 0 aromatic rings. The Labute approximate surface area is 208 Å². The molecule has 2 aliphatic carbocycles. The van der Waals surface area contributed by atoms with Crippen LogP contribution in [0.2, 0.25) is 0 Å². The van der Waals surface area contributed by atoms with Gasteiger partial charge in [0.05, 0.1) is 35.4 Å². The third-order valence-electron chi connectivity index (χ3n) is 6.94. The van der Waals surface area contributed by atoms with Gasteiger partial charge in [0.25, 0.3) is 0 Å². The van der Waals surface area contributed by atoms with Crippen LogP contribution in [-0.2, 0) is 9.53 Å². The Morgan fingerprint density at radius 2 is 1.26 bits per heavy atom. The van der Waals surface area contributed by atoms with Crippen molar-refractivity contribution in [2.45, 2.75) is 96.2 Å². The topological polar surface area (TPSA) is 127 Å². The average Bonchev–Trinajstić information content (AvgIpc) is 2.77. The Bertz CT molecular complexity index is 904. The predicted octanol–water partition coefficient (Wildman–Crippen LogP) is 3.60. The molecule has 0 aromatic carbocycles. The largest absolute Gasteiger partial charge is 0.481 e. The van der Waals surface area contributed by atoms with Gasteiger partial charge >= 0.3 is 5.97 Å². The smallest absolute Gasteiger partial charge is 0.309 e. The van der Waals surface area contributed by atoms with E-state index in [1.165, 1.54) is 0 Å². The van der Waals surface area contributed by atoms with E-state index in [1.807, 2.05) is 13.8 Å².